The summed E-state index contributed by atoms with van der Waals surface area (Å²) in [6, 6.07) is 13.8. The zero-order valence-corrected chi connectivity index (χ0v) is 20.7. The standard InChI is InChI=1S/C21H19N3O2.C6H12N2O/c1-13(2)25-19-10-9-15(11-16(19)12-22)21-23-20(24-26-21)18-8-4-6-14-5-3-7-17(14)18;1-8(2)6(9)5-3-7-4-5/h4,6,8-11,13H,3,5,7H2,1-2H3;5,7H,3-4H2,1-2H3. The summed E-state index contributed by atoms with van der Waals surface area (Å²) in [6.45, 7) is 5.57. The average molecular weight is 474 g/mol. The van der Waals surface area contributed by atoms with Crippen LogP contribution < -0.4 is 10.1 Å². The Morgan fingerprint density at radius 3 is 2.66 bits per heavy atom. The van der Waals surface area contributed by atoms with Gasteiger partial charge in [-0.3, -0.25) is 4.79 Å². The molecule has 1 saturated heterocycles. The van der Waals surface area contributed by atoms with Crippen LogP contribution in [0.5, 0.6) is 5.75 Å². The summed E-state index contributed by atoms with van der Waals surface area (Å²) in [4.78, 5) is 17.2. The number of nitrogens with one attached hydrogen (secondary N) is 1. The molecule has 0 bridgehead atoms. The minimum Gasteiger partial charge on any atom is -0.490 e. The van der Waals surface area contributed by atoms with E-state index >= 15 is 0 Å². The van der Waals surface area contributed by atoms with E-state index in [1.165, 1.54) is 17.5 Å². The van der Waals surface area contributed by atoms with Gasteiger partial charge in [0, 0.05) is 38.3 Å². The Morgan fingerprint density at radius 1 is 1.23 bits per heavy atom. The van der Waals surface area contributed by atoms with Crippen molar-refractivity contribution in [3.8, 4) is 34.7 Å². The van der Waals surface area contributed by atoms with Crippen molar-refractivity contribution in [2.45, 2.75) is 39.2 Å². The van der Waals surface area contributed by atoms with E-state index in [4.69, 9.17) is 9.26 Å². The molecule has 1 N–H and O–H groups in total. The lowest BCUT2D eigenvalue weighted by atomic mass is 10.0. The highest BCUT2D eigenvalue weighted by atomic mass is 16.5. The molecule has 0 spiro atoms. The molecule has 5 rings (SSSR count). The number of benzene rings is 2. The SMILES string of the molecule is CC(C)Oc1ccc(-c2nc(-c3cccc4c3CCC4)no2)cc1C#N.CN(C)C(=O)C1CNC1. The average Bonchev–Trinajstić information content (AvgIpc) is 3.48. The van der Waals surface area contributed by atoms with E-state index in [0.29, 0.717) is 28.6 Å². The maximum absolute atomic E-state index is 11.0. The van der Waals surface area contributed by atoms with Gasteiger partial charge in [-0.2, -0.15) is 10.2 Å². The molecule has 1 aromatic heterocycles. The van der Waals surface area contributed by atoms with E-state index in [9.17, 15) is 10.1 Å². The van der Waals surface area contributed by atoms with Crippen molar-refractivity contribution in [2.75, 3.05) is 27.2 Å². The van der Waals surface area contributed by atoms with Crippen LogP contribution in [0.3, 0.4) is 0 Å². The van der Waals surface area contributed by atoms with Crippen LogP contribution in [0.1, 0.15) is 37.0 Å². The van der Waals surface area contributed by atoms with Gasteiger partial charge in [-0.1, -0.05) is 23.4 Å². The number of ether oxygens (including phenoxy) is 1. The van der Waals surface area contributed by atoms with E-state index in [1.807, 2.05) is 32.0 Å². The maximum Gasteiger partial charge on any atom is 0.258 e. The number of hydrogen-bond acceptors (Lipinski definition) is 7. The minimum atomic E-state index is 0.00290. The second kappa shape index (κ2) is 10.7. The lowest BCUT2D eigenvalue weighted by molar-refractivity contribution is -0.134. The number of nitriles is 1. The first-order valence-corrected chi connectivity index (χ1v) is 11.9. The fraction of sp³-hybridized carbons (Fsp3) is 0.407. The Kier molecular flexibility index (Phi) is 7.47. The highest BCUT2D eigenvalue weighted by Crippen LogP contribution is 2.33. The van der Waals surface area contributed by atoms with Crippen LogP contribution in [0, 0.1) is 17.2 Å². The van der Waals surface area contributed by atoms with Crippen LogP contribution >= 0.6 is 0 Å². The molecule has 8 heteroatoms. The number of carbonyl (C=O) groups is 1. The van der Waals surface area contributed by atoms with E-state index in [2.05, 4.69) is 27.6 Å². The van der Waals surface area contributed by atoms with Crippen molar-refractivity contribution >= 4 is 5.91 Å². The first-order chi connectivity index (χ1) is 16.9. The molecule has 2 aromatic carbocycles. The van der Waals surface area contributed by atoms with Crippen LogP contribution in [0.15, 0.2) is 40.9 Å². The third kappa shape index (κ3) is 5.52. The van der Waals surface area contributed by atoms with Crippen molar-refractivity contribution in [1.82, 2.24) is 20.4 Å². The van der Waals surface area contributed by atoms with Crippen molar-refractivity contribution in [1.29, 1.82) is 5.26 Å². The molecule has 35 heavy (non-hydrogen) atoms. The molecule has 182 valence electrons. The zero-order chi connectivity index (χ0) is 24.9. The smallest absolute Gasteiger partial charge is 0.258 e. The summed E-state index contributed by atoms with van der Waals surface area (Å²) in [5.74, 6) is 2.06. The lowest BCUT2D eigenvalue weighted by Gasteiger charge is -2.28. The number of carbonyl (C=O) groups excluding carboxylic acids is 1. The molecule has 3 aromatic rings. The van der Waals surface area contributed by atoms with Gasteiger partial charge in [0.25, 0.3) is 5.89 Å². The van der Waals surface area contributed by atoms with Crippen molar-refractivity contribution in [3.63, 3.8) is 0 Å². The summed E-state index contributed by atoms with van der Waals surface area (Å²) in [7, 11) is 3.58. The highest BCUT2D eigenvalue weighted by molar-refractivity contribution is 5.79. The van der Waals surface area contributed by atoms with Gasteiger partial charge < -0.3 is 19.5 Å². The minimum absolute atomic E-state index is 0.00290. The van der Waals surface area contributed by atoms with Gasteiger partial charge in [-0.05, 0) is 62.4 Å². The van der Waals surface area contributed by atoms with Crippen LogP contribution in [-0.4, -0.2) is 54.2 Å². The maximum atomic E-state index is 11.0. The summed E-state index contributed by atoms with van der Waals surface area (Å²) >= 11 is 0. The normalized spacial score (nSPS) is 14.4. The number of aromatic nitrogens is 2. The van der Waals surface area contributed by atoms with E-state index < -0.39 is 0 Å². The predicted octanol–water partition coefficient (Wildman–Crippen LogP) is 3.85. The van der Waals surface area contributed by atoms with Crippen LogP contribution in [0.4, 0.5) is 0 Å². The lowest BCUT2D eigenvalue weighted by Crippen LogP contribution is -2.50. The Balaban J connectivity index is 0.000000271. The number of amides is 1. The van der Waals surface area contributed by atoms with Gasteiger partial charge in [0.1, 0.15) is 11.8 Å². The van der Waals surface area contributed by atoms with E-state index in [1.54, 1.807) is 31.1 Å². The number of nitrogens with zero attached hydrogens (tertiary/aromatic N) is 4. The van der Waals surface area contributed by atoms with Gasteiger partial charge in [0.05, 0.1) is 17.6 Å². The van der Waals surface area contributed by atoms with Gasteiger partial charge in [0.2, 0.25) is 11.7 Å². The zero-order valence-electron chi connectivity index (χ0n) is 20.7. The summed E-state index contributed by atoms with van der Waals surface area (Å²) in [5, 5.41) is 16.6. The fourth-order valence-corrected chi connectivity index (χ4v) is 4.21. The highest BCUT2D eigenvalue weighted by Gasteiger charge is 2.25. The number of fused-ring (bicyclic) bond motifs is 1. The van der Waals surface area contributed by atoms with Crippen molar-refractivity contribution in [2.24, 2.45) is 5.92 Å². The first kappa shape index (κ1) is 24.4. The van der Waals surface area contributed by atoms with Gasteiger partial charge in [0.15, 0.2) is 0 Å². The topological polar surface area (TPSA) is 104 Å². The second-order valence-corrected chi connectivity index (χ2v) is 9.30. The Labute approximate surface area is 205 Å². The molecular weight excluding hydrogens is 442 g/mol. The molecule has 0 saturated carbocycles. The van der Waals surface area contributed by atoms with E-state index in [0.717, 1.165) is 31.5 Å². The summed E-state index contributed by atoms with van der Waals surface area (Å²) in [5.41, 5.74) is 4.89. The molecule has 0 atom stereocenters. The summed E-state index contributed by atoms with van der Waals surface area (Å²) < 4.78 is 11.1. The monoisotopic (exact) mass is 473 g/mol. The Hall–Kier alpha value is -3.70. The second-order valence-electron chi connectivity index (χ2n) is 9.30. The summed E-state index contributed by atoms with van der Waals surface area (Å²) in [6.07, 6.45) is 3.33. The van der Waals surface area contributed by atoms with E-state index in [-0.39, 0.29) is 17.9 Å². The molecule has 1 aliphatic heterocycles. The van der Waals surface area contributed by atoms with Gasteiger partial charge in [-0.25, -0.2) is 0 Å². The molecule has 8 nitrogen and oxygen atoms in total. The van der Waals surface area contributed by atoms with Crippen LogP contribution in [0.2, 0.25) is 0 Å². The molecule has 2 heterocycles. The molecule has 0 radical (unpaired) electrons. The Bertz CT molecular complexity index is 1240. The quantitative estimate of drug-likeness (QED) is 0.600. The molecule has 1 aliphatic carbocycles. The van der Waals surface area contributed by atoms with Gasteiger partial charge in [-0.15, -0.1) is 0 Å². The Morgan fingerprint density at radius 2 is 2.03 bits per heavy atom. The predicted molar refractivity (Wildman–Crippen MR) is 133 cm³/mol. The third-order valence-electron chi connectivity index (χ3n) is 6.09. The van der Waals surface area contributed by atoms with Crippen LogP contribution in [0.25, 0.3) is 22.8 Å². The fourth-order valence-electron chi connectivity index (χ4n) is 4.21. The molecule has 0 unspecified atom stereocenters. The number of rotatable bonds is 5. The van der Waals surface area contributed by atoms with Gasteiger partial charge >= 0.3 is 0 Å². The van der Waals surface area contributed by atoms with Crippen LogP contribution in [-0.2, 0) is 17.6 Å². The molecule has 2 aliphatic rings. The molecular formula is C27H31N5O3. The van der Waals surface area contributed by atoms with Crippen molar-refractivity contribution in [3.05, 3.63) is 53.1 Å². The number of hydrogen-bond donors (Lipinski definition) is 1. The number of aryl methyl sites for hydroxylation is 1. The largest absolute Gasteiger partial charge is 0.490 e. The molecule has 1 amide bonds. The first-order valence-electron chi connectivity index (χ1n) is 11.9. The van der Waals surface area contributed by atoms with Crippen molar-refractivity contribution < 1.29 is 14.1 Å². The third-order valence-corrected chi connectivity index (χ3v) is 6.09. The molecule has 1 fully saturated rings.